The molecular formula is C57H77N3O11. The summed E-state index contributed by atoms with van der Waals surface area (Å²) >= 11 is 0. The van der Waals surface area contributed by atoms with Crippen LogP contribution in [-0.4, -0.2) is 104 Å². The van der Waals surface area contributed by atoms with E-state index < -0.39 is 41.6 Å². The largest absolute Gasteiger partial charge is 0.508 e. The van der Waals surface area contributed by atoms with E-state index >= 15 is 0 Å². The van der Waals surface area contributed by atoms with E-state index in [9.17, 15) is 34.5 Å². The molecule has 0 spiro atoms. The van der Waals surface area contributed by atoms with Gasteiger partial charge in [0.1, 0.15) is 34.2 Å². The molecule has 0 bridgehead atoms. The highest BCUT2D eigenvalue weighted by molar-refractivity contribution is 6.01. The number of ether oxygens (including phenoxy) is 4. The minimum absolute atomic E-state index is 0.0528. The average molecular weight is 980 g/mol. The van der Waals surface area contributed by atoms with Gasteiger partial charge >= 0.3 is 6.09 Å². The molecule has 14 heteroatoms. The molecular weight excluding hydrogens is 903 g/mol. The molecule has 0 radical (unpaired) electrons. The number of benzene rings is 2. The molecule has 0 aromatic heterocycles. The summed E-state index contributed by atoms with van der Waals surface area (Å²) in [4.78, 5) is 58.8. The molecule has 7 rings (SSSR count). The number of aromatic hydroxyl groups is 1. The first-order chi connectivity index (χ1) is 33.8. The summed E-state index contributed by atoms with van der Waals surface area (Å²) < 4.78 is 25.1. The minimum Gasteiger partial charge on any atom is -0.508 e. The number of carbonyl (C=O) groups is 4. The Morgan fingerprint density at radius 1 is 0.746 bits per heavy atom. The van der Waals surface area contributed by atoms with Crippen LogP contribution in [0.5, 0.6) is 23.0 Å². The molecule has 3 amide bonds. The normalized spacial score (nSPS) is 23.2. The zero-order chi connectivity index (χ0) is 51.2. The van der Waals surface area contributed by atoms with E-state index in [0.717, 1.165) is 44.9 Å². The van der Waals surface area contributed by atoms with Crippen LogP contribution in [0.3, 0.4) is 0 Å². The van der Waals surface area contributed by atoms with Crippen LogP contribution in [0.1, 0.15) is 182 Å². The third-order valence-electron chi connectivity index (χ3n) is 15.2. The van der Waals surface area contributed by atoms with Gasteiger partial charge in [-0.3, -0.25) is 19.3 Å². The number of phenols is 1. The number of allylic oxidation sites excluding steroid dienone is 8. The Labute approximate surface area is 420 Å². The lowest BCUT2D eigenvalue weighted by Crippen LogP contribution is -2.49. The zero-order valence-corrected chi connectivity index (χ0v) is 43.4. The van der Waals surface area contributed by atoms with E-state index in [1.54, 1.807) is 15.9 Å². The van der Waals surface area contributed by atoms with Crippen molar-refractivity contribution in [3.05, 3.63) is 92.1 Å². The van der Waals surface area contributed by atoms with Gasteiger partial charge in [-0.2, -0.15) is 0 Å². The van der Waals surface area contributed by atoms with Gasteiger partial charge in [0, 0.05) is 61.2 Å². The first-order valence-electron chi connectivity index (χ1n) is 25.9. The molecule has 2 aromatic rings. The van der Waals surface area contributed by atoms with Crippen molar-refractivity contribution in [1.29, 1.82) is 0 Å². The zero-order valence-electron chi connectivity index (χ0n) is 43.4. The smallest absolute Gasteiger partial charge is 0.415 e. The maximum Gasteiger partial charge on any atom is 0.415 e. The van der Waals surface area contributed by atoms with E-state index in [-0.39, 0.29) is 61.9 Å². The van der Waals surface area contributed by atoms with E-state index in [2.05, 4.69) is 65.8 Å². The Hall–Kier alpha value is -5.60. The second-order valence-electron chi connectivity index (χ2n) is 21.4. The van der Waals surface area contributed by atoms with Crippen molar-refractivity contribution in [3.63, 3.8) is 0 Å². The van der Waals surface area contributed by atoms with Crippen molar-refractivity contribution in [2.75, 3.05) is 19.6 Å². The summed E-state index contributed by atoms with van der Waals surface area (Å²) in [5.74, 6) is 0.176. The molecule has 386 valence electrons. The molecule has 0 saturated carbocycles. The summed E-state index contributed by atoms with van der Waals surface area (Å²) in [6, 6.07) is 3.02. The lowest BCUT2D eigenvalue weighted by Gasteiger charge is -2.41. The van der Waals surface area contributed by atoms with E-state index in [1.807, 2.05) is 13.8 Å². The number of aliphatic hydroxyl groups excluding tert-OH is 2. The van der Waals surface area contributed by atoms with Crippen LogP contribution in [0.15, 0.2) is 58.7 Å². The van der Waals surface area contributed by atoms with Crippen LogP contribution >= 0.6 is 0 Å². The van der Waals surface area contributed by atoms with Crippen LogP contribution in [0, 0.1) is 0 Å². The number of carbonyl (C=O) groups excluding carboxylic acids is 4. The predicted molar refractivity (Wildman–Crippen MR) is 272 cm³/mol. The van der Waals surface area contributed by atoms with Crippen LogP contribution < -0.4 is 14.2 Å². The Morgan fingerprint density at radius 3 is 1.87 bits per heavy atom. The predicted octanol–water partition coefficient (Wildman–Crippen LogP) is 10.3. The highest BCUT2D eigenvalue weighted by Gasteiger charge is 2.47. The third kappa shape index (κ3) is 12.2. The topological polar surface area (TPSA) is 176 Å². The molecule has 14 nitrogen and oxygen atoms in total. The van der Waals surface area contributed by atoms with E-state index in [0.29, 0.717) is 91.0 Å². The van der Waals surface area contributed by atoms with Gasteiger partial charge in [-0.15, -0.1) is 0 Å². The van der Waals surface area contributed by atoms with E-state index in [1.165, 1.54) is 33.3 Å². The number of amides is 3. The third-order valence-corrected chi connectivity index (χ3v) is 15.2. The highest BCUT2D eigenvalue weighted by Crippen LogP contribution is 2.49. The lowest BCUT2D eigenvalue weighted by molar-refractivity contribution is -0.141. The number of piperidine rings is 1. The fraction of sp³-hybridized carbons (Fsp3) is 0.579. The standard InChI is InChI=1S/C57H77N3O11/c1-36(2)17-12-19-38(5)21-14-24-56(7)48(63)31-42-46(62)29-40-45(51(42)70-56)34-60(54(40)66)50(68-35-61)23-16-28-59-33-44-41(53(59)65)30-47(69-55(67)58-26-10-9-11-27-58)43-32-49(64)57(8,71-52(43)44)25-15-22-39(6)20-13-18-37(3)4/h17-18,21-22,29-30,35,48-50,62-64H,9-16,19-20,23-28,31-34H2,1-8H3/b38-21+,39-22+/t48-,49-,50+,56+,57+/m0/s1. The van der Waals surface area contributed by atoms with Gasteiger partial charge in [-0.25, -0.2) is 4.79 Å². The molecule has 1 saturated heterocycles. The second-order valence-corrected chi connectivity index (χ2v) is 21.4. The van der Waals surface area contributed by atoms with Crippen LogP contribution in [-0.2, 0) is 35.5 Å². The number of nitrogens with zero attached hydrogens (tertiary/aromatic N) is 3. The van der Waals surface area contributed by atoms with Gasteiger partial charge in [-0.05, 0) is 145 Å². The molecule has 2 aromatic carbocycles. The van der Waals surface area contributed by atoms with Crippen LogP contribution in [0.2, 0.25) is 0 Å². The maximum atomic E-state index is 14.3. The summed E-state index contributed by atoms with van der Waals surface area (Å²) in [5, 5.41) is 34.2. The summed E-state index contributed by atoms with van der Waals surface area (Å²) in [7, 11) is 0. The van der Waals surface area contributed by atoms with Gasteiger partial charge in [0.15, 0.2) is 6.23 Å². The molecule has 5 heterocycles. The molecule has 5 atom stereocenters. The first-order valence-corrected chi connectivity index (χ1v) is 25.9. The number of phenolic OH excluding ortho intramolecular Hbond substituents is 1. The van der Waals surface area contributed by atoms with Crippen molar-refractivity contribution in [2.45, 2.75) is 194 Å². The highest BCUT2D eigenvalue weighted by atomic mass is 16.6. The second kappa shape index (κ2) is 22.9. The van der Waals surface area contributed by atoms with E-state index in [4.69, 9.17) is 18.9 Å². The molecule has 3 N–H and O–H groups in total. The van der Waals surface area contributed by atoms with Gasteiger partial charge in [0.2, 0.25) is 0 Å². The maximum absolute atomic E-state index is 14.3. The quantitative estimate of drug-likeness (QED) is 0.0850. The lowest BCUT2D eigenvalue weighted by atomic mass is 9.84. The van der Waals surface area contributed by atoms with Crippen LogP contribution in [0.25, 0.3) is 0 Å². The fourth-order valence-electron chi connectivity index (χ4n) is 10.6. The summed E-state index contributed by atoms with van der Waals surface area (Å²) in [5.41, 5.74) is 5.91. The van der Waals surface area contributed by atoms with Gasteiger partial charge in [0.25, 0.3) is 18.3 Å². The molecule has 0 unspecified atom stereocenters. The Kier molecular flexibility index (Phi) is 17.1. The molecule has 5 aliphatic rings. The van der Waals surface area contributed by atoms with Gasteiger partial charge < -0.3 is 44.1 Å². The number of aliphatic hydroxyl groups is 2. The summed E-state index contributed by atoms with van der Waals surface area (Å²) in [6.07, 6.45) is 15.4. The Balaban J connectivity index is 1.05. The summed E-state index contributed by atoms with van der Waals surface area (Å²) in [6.45, 7) is 18.3. The molecule has 1 fully saturated rings. The molecule has 0 aliphatic carbocycles. The van der Waals surface area contributed by atoms with Gasteiger partial charge in [0.05, 0.1) is 36.4 Å². The Bertz CT molecular complexity index is 2460. The first kappa shape index (κ1) is 53.2. The number of hydrogen-bond donors (Lipinski definition) is 3. The molecule has 5 aliphatic heterocycles. The number of hydrogen-bond acceptors (Lipinski definition) is 11. The number of rotatable bonds is 20. The average Bonchev–Trinajstić information content (AvgIpc) is 3.81. The minimum atomic E-state index is -0.991. The number of likely N-dealkylation sites (tertiary alicyclic amines) is 1. The number of fused-ring (bicyclic) bond motifs is 6. The van der Waals surface area contributed by atoms with Crippen molar-refractivity contribution in [2.24, 2.45) is 0 Å². The Morgan fingerprint density at radius 2 is 1.30 bits per heavy atom. The fourth-order valence-corrected chi connectivity index (χ4v) is 10.6. The van der Waals surface area contributed by atoms with Crippen molar-refractivity contribution in [1.82, 2.24) is 14.7 Å². The SMILES string of the molecule is CC(C)=CCC/C(C)=C/CC[C@@]1(C)Oc2c(c(O)cc3c2CN([C@@H](CCCN2Cc4c(cc(OC(=O)N5CCCCC5)c5c4O[C@](C)(CC/C=C(\C)CCC=C(C)C)[C@@H](O)C5)C2=O)OC=O)C3=O)C[C@@H]1O. The van der Waals surface area contributed by atoms with Gasteiger partial charge in [-0.1, -0.05) is 46.6 Å². The van der Waals surface area contributed by atoms with Crippen molar-refractivity contribution < 1.29 is 53.4 Å². The van der Waals surface area contributed by atoms with Crippen LogP contribution in [0.4, 0.5) is 4.79 Å². The monoisotopic (exact) mass is 980 g/mol. The van der Waals surface area contributed by atoms with Crippen molar-refractivity contribution >= 4 is 24.4 Å². The molecule has 71 heavy (non-hydrogen) atoms. The van der Waals surface area contributed by atoms with Crippen molar-refractivity contribution in [3.8, 4) is 23.0 Å².